The molecule has 0 bridgehead atoms. The maximum atomic E-state index is 12.7. The molecule has 1 amide bonds. The van der Waals surface area contributed by atoms with Gasteiger partial charge in [0.15, 0.2) is 17.5 Å². The Morgan fingerprint density at radius 3 is 2.20 bits per heavy atom. The van der Waals surface area contributed by atoms with Crippen LogP contribution >= 0.6 is 0 Å². The smallest absolute Gasteiger partial charge is 0.326 e. The number of anilines is 1. The van der Waals surface area contributed by atoms with Crippen molar-refractivity contribution < 1.29 is 23.9 Å². The summed E-state index contributed by atoms with van der Waals surface area (Å²) in [4.78, 5) is 37.8. The van der Waals surface area contributed by atoms with Crippen LogP contribution in [0.5, 0.6) is 11.5 Å². The first-order valence-corrected chi connectivity index (χ1v) is 9.53. The third-order valence-corrected chi connectivity index (χ3v) is 4.75. The number of ketones is 1. The summed E-state index contributed by atoms with van der Waals surface area (Å²) in [5.74, 6) is -2.57. The Bertz CT molecular complexity index is 1050. The van der Waals surface area contributed by atoms with Crippen molar-refractivity contribution in [2.75, 3.05) is 5.32 Å². The van der Waals surface area contributed by atoms with Crippen molar-refractivity contribution >= 4 is 23.3 Å². The molecule has 1 fully saturated rings. The molecule has 4 rings (SSSR count). The number of carbonyl (C=O) groups excluding carboxylic acids is 3. The number of carbonyl (C=O) groups is 3. The van der Waals surface area contributed by atoms with Gasteiger partial charge in [0.25, 0.3) is 0 Å². The van der Waals surface area contributed by atoms with E-state index < -0.39 is 29.7 Å². The lowest BCUT2D eigenvalue weighted by molar-refractivity contribution is -0.166. The molecule has 3 aromatic rings. The molecule has 0 aromatic heterocycles. The van der Waals surface area contributed by atoms with Crippen molar-refractivity contribution in [2.45, 2.75) is 12.5 Å². The average molecular weight is 401 g/mol. The van der Waals surface area contributed by atoms with Crippen molar-refractivity contribution in [2.24, 2.45) is 5.92 Å². The van der Waals surface area contributed by atoms with Crippen LogP contribution in [0.2, 0.25) is 0 Å². The molecular formula is C24H19NO5. The quantitative estimate of drug-likeness (QED) is 0.509. The molecule has 6 nitrogen and oxygen atoms in total. The Hall–Kier alpha value is -3.93. The van der Waals surface area contributed by atoms with E-state index in [0.717, 1.165) is 5.56 Å². The number of benzene rings is 3. The van der Waals surface area contributed by atoms with Crippen molar-refractivity contribution in [1.82, 2.24) is 0 Å². The second-order valence-corrected chi connectivity index (χ2v) is 6.84. The zero-order valence-corrected chi connectivity index (χ0v) is 16.0. The van der Waals surface area contributed by atoms with Crippen LogP contribution in [0.4, 0.5) is 5.69 Å². The van der Waals surface area contributed by atoms with Crippen LogP contribution in [0.25, 0.3) is 0 Å². The summed E-state index contributed by atoms with van der Waals surface area (Å²) in [5, 5.41) is 2.63. The first-order chi connectivity index (χ1) is 14.6. The minimum absolute atomic E-state index is 0.0456. The van der Waals surface area contributed by atoms with Gasteiger partial charge >= 0.3 is 5.97 Å². The monoisotopic (exact) mass is 401 g/mol. The van der Waals surface area contributed by atoms with E-state index in [1.165, 1.54) is 0 Å². The number of rotatable bonds is 5. The summed E-state index contributed by atoms with van der Waals surface area (Å²) in [5.41, 5.74) is 1.08. The van der Waals surface area contributed by atoms with Gasteiger partial charge in [-0.05, 0) is 29.8 Å². The molecule has 6 heteroatoms. The number of cyclic esters (lactones) is 1. The SMILES string of the molecule is O=C1CC(c2ccccc2)OC(=O)C1C(=O)Nc1ccccc1Oc1ccccc1. The summed E-state index contributed by atoms with van der Waals surface area (Å²) in [6, 6.07) is 24.9. The molecule has 1 saturated heterocycles. The second-order valence-electron chi connectivity index (χ2n) is 6.84. The van der Waals surface area contributed by atoms with Gasteiger partial charge in [-0.2, -0.15) is 0 Å². The van der Waals surface area contributed by atoms with Gasteiger partial charge < -0.3 is 14.8 Å². The minimum Gasteiger partial charge on any atom is -0.456 e. The fourth-order valence-corrected chi connectivity index (χ4v) is 3.27. The Balaban J connectivity index is 1.48. The molecule has 1 aliphatic rings. The number of amides is 1. The molecule has 30 heavy (non-hydrogen) atoms. The molecule has 2 atom stereocenters. The normalized spacial score (nSPS) is 18.4. The highest BCUT2D eigenvalue weighted by Crippen LogP contribution is 2.32. The van der Waals surface area contributed by atoms with Crippen molar-refractivity contribution in [3.8, 4) is 11.5 Å². The maximum absolute atomic E-state index is 12.7. The number of para-hydroxylation sites is 3. The summed E-state index contributed by atoms with van der Waals surface area (Å²) in [7, 11) is 0. The largest absolute Gasteiger partial charge is 0.456 e. The molecule has 1 heterocycles. The number of ether oxygens (including phenoxy) is 2. The molecule has 1 N–H and O–H groups in total. The highest BCUT2D eigenvalue weighted by atomic mass is 16.5. The van der Waals surface area contributed by atoms with Gasteiger partial charge in [0.05, 0.1) is 5.69 Å². The molecule has 0 radical (unpaired) electrons. The van der Waals surface area contributed by atoms with Gasteiger partial charge in [0, 0.05) is 6.42 Å². The Labute approximate surface area is 173 Å². The topological polar surface area (TPSA) is 81.7 Å². The Kier molecular flexibility index (Phi) is 5.57. The zero-order chi connectivity index (χ0) is 20.9. The first kappa shape index (κ1) is 19.4. The van der Waals surface area contributed by atoms with Gasteiger partial charge in [-0.25, -0.2) is 0 Å². The van der Waals surface area contributed by atoms with E-state index in [1.54, 1.807) is 60.7 Å². The number of esters is 1. The molecule has 0 saturated carbocycles. The molecule has 0 spiro atoms. The number of hydrogen-bond acceptors (Lipinski definition) is 5. The third kappa shape index (κ3) is 4.22. The second kappa shape index (κ2) is 8.61. The van der Waals surface area contributed by atoms with Crippen molar-refractivity contribution in [1.29, 1.82) is 0 Å². The molecule has 0 aliphatic carbocycles. The Morgan fingerprint density at radius 1 is 0.867 bits per heavy atom. The predicted octanol–water partition coefficient (Wildman–Crippen LogP) is 4.29. The molecule has 2 unspecified atom stereocenters. The van der Waals surface area contributed by atoms with E-state index in [4.69, 9.17) is 9.47 Å². The van der Waals surface area contributed by atoms with E-state index in [-0.39, 0.29) is 6.42 Å². The number of Topliss-reactive ketones (excluding diaryl/α,β-unsaturated/α-hetero) is 1. The van der Waals surface area contributed by atoms with Gasteiger partial charge in [-0.3, -0.25) is 14.4 Å². The van der Waals surface area contributed by atoms with Crippen LogP contribution in [0.15, 0.2) is 84.9 Å². The molecule has 3 aromatic carbocycles. The lowest BCUT2D eigenvalue weighted by atomic mass is 9.92. The average Bonchev–Trinajstić information content (AvgIpc) is 2.76. The lowest BCUT2D eigenvalue weighted by Gasteiger charge is -2.27. The van der Waals surface area contributed by atoms with E-state index in [2.05, 4.69) is 5.32 Å². The fourth-order valence-electron chi connectivity index (χ4n) is 3.27. The standard InChI is InChI=1S/C24H19NO5/c26-19-15-21(16-9-3-1-4-10-16)30-24(28)22(19)23(27)25-18-13-7-8-14-20(18)29-17-11-5-2-6-12-17/h1-14,21-22H,15H2,(H,25,27). The van der Waals surface area contributed by atoms with Crippen LogP contribution < -0.4 is 10.1 Å². The Morgan fingerprint density at radius 2 is 1.50 bits per heavy atom. The maximum Gasteiger partial charge on any atom is 0.326 e. The van der Waals surface area contributed by atoms with Crippen LogP contribution in [0.1, 0.15) is 18.1 Å². The molecule has 150 valence electrons. The van der Waals surface area contributed by atoms with Crippen LogP contribution in [0.3, 0.4) is 0 Å². The first-order valence-electron chi connectivity index (χ1n) is 9.53. The van der Waals surface area contributed by atoms with Crippen molar-refractivity contribution in [3.05, 3.63) is 90.5 Å². The van der Waals surface area contributed by atoms with Crippen LogP contribution in [0, 0.1) is 5.92 Å². The van der Waals surface area contributed by atoms with Gasteiger partial charge in [-0.1, -0.05) is 60.7 Å². The van der Waals surface area contributed by atoms with Crippen LogP contribution in [-0.2, 0) is 19.1 Å². The van der Waals surface area contributed by atoms with Gasteiger partial charge in [0.1, 0.15) is 11.9 Å². The van der Waals surface area contributed by atoms with Crippen LogP contribution in [-0.4, -0.2) is 17.7 Å². The van der Waals surface area contributed by atoms with Gasteiger partial charge in [0.2, 0.25) is 5.91 Å². The van der Waals surface area contributed by atoms with E-state index in [9.17, 15) is 14.4 Å². The fraction of sp³-hybridized carbons (Fsp3) is 0.125. The number of hydrogen-bond donors (Lipinski definition) is 1. The predicted molar refractivity (Wildman–Crippen MR) is 110 cm³/mol. The van der Waals surface area contributed by atoms with E-state index in [0.29, 0.717) is 17.2 Å². The zero-order valence-electron chi connectivity index (χ0n) is 16.0. The summed E-state index contributed by atoms with van der Waals surface area (Å²) in [6.07, 6.45) is -0.723. The highest BCUT2D eigenvalue weighted by Gasteiger charge is 2.42. The third-order valence-electron chi connectivity index (χ3n) is 4.75. The lowest BCUT2D eigenvalue weighted by Crippen LogP contribution is -2.42. The summed E-state index contributed by atoms with van der Waals surface area (Å²) >= 11 is 0. The summed E-state index contributed by atoms with van der Waals surface area (Å²) < 4.78 is 11.2. The number of nitrogens with one attached hydrogen (secondary N) is 1. The highest BCUT2D eigenvalue weighted by molar-refractivity contribution is 6.21. The minimum atomic E-state index is -1.50. The van der Waals surface area contributed by atoms with Gasteiger partial charge in [-0.15, -0.1) is 0 Å². The molecular weight excluding hydrogens is 382 g/mol. The van der Waals surface area contributed by atoms with E-state index in [1.807, 2.05) is 24.3 Å². The van der Waals surface area contributed by atoms with Crippen molar-refractivity contribution in [3.63, 3.8) is 0 Å². The van der Waals surface area contributed by atoms with E-state index >= 15 is 0 Å². The molecule has 1 aliphatic heterocycles. The summed E-state index contributed by atoms with van der Waals surface area (Å²) in [6.45, 7) is 0.